The van der Waals surface area contributed by atoms with Gasteiger partial charge in [0.25, 0.3) is 5.79 Å². The summed E-state index contributed by atoms with van der Waals surface area (Å²) in [5.41, 5.74) is 0. The molecule has 0 radical (unpaired) electrons. The lowest BCUT2D eigenvalue weighted by Gasteiger charge is -2.51. The smallest absolute Gasteiger partial charge is 0.364 e. The molecule has 28 N–H and O–H groups in total. The van der Waals surface area contributed by atoms with Crippen molar-refractivity contribution in [3.05, 3.63) is 0 Å². The minimum absolute atomic E-state index is 0.771. The van der Waals surface area contributed by atoms with Crippen LogP contribution in [-0.4, -0.2) is 457 Å². The first-order valence-electron chi connectivity index (χ1n) is 34.7. The number of aliphatic hydroxyl groups is 22. The molecule has 8 aliphatic rings. The van der Waals surface area contributed by atoms with Crippen LogP contribution in [0.25, 0.3) is 0 Å². The number of aliphatic hydroxyl groups excluding tert-OH is 22. The summed E-state index contributed by atoms with van der Waals surface area (Å²) in [4.78, 5) is 75.9. The Morgan fingerprint density at radius 1 is 0.373 bits per heavy atom. The van der Waals surface area contributed by atoms with E-state index in [4.69, 9.17) is 71.1 Å². The van der Waals surface area contributed by atoms with Gasteiger partial charge >= 0.3 is 5.97 Å². The largest absolute Gasteiger partial charge is 0.477 e. The Morgan fingerprint density at radius 2 is 0.745 bits per heavy atom. The minimum atomic E-state index is -3.08. The number of aliphatic carboxylic acids is 1. The number of ether oxygens (including phenoxy) is 15. The van der Waals surface area contributed by atoms with Crippen LogP contribution in [0, 0.1) is 0 Å². The van der Waals surface area contributed by atoms with E-state index in [1.165, 1.54) is 0 Å². The van der Waals surface area contributed by atoms with E-state index in [0.29, 0.717) is 0 Å². The fraction of sp³-hybridized carbons (Fsp3) is 0.902. The maximum absolute atomic E-state index is 13.1. The lowest BCUT2D eigenvalue weighted by atomic mass is 9.88. The molecule has 1 unspecified atom stereocenters. The summed E-state index contributed by atoms with van der Waals surface area (Å²) in [6, 6.07) is -9.11. The number of rotatable bonds is 30. The quantitative estimate of drug-likeness (QED) is 0.0318. The van der Waals surface area contributed by atoms with Crippen LogP contribution in [0.5, 0.6) is 0 Å². The zero-order valence-electron chi connectivity index (χ0n) is 59.3. The summed E-state index contributed by atoms with van der Waals surface area (Å²) in [6.07, 6.45) is -74.6. The van der Waals surface area contributed by atoms with Gasteiger partial charge in [-0.05, 0) is 0 Å². The Hall–Kier alpha value is -4.66. The summed E-state index contributed by atoms with van der Waals surface area (Å²) in [5, 5.41) is 266. The Labute approximate surface area is 622 Å². The number of amides is 5. The van der Waals surface area contributed by atoms with Gasteiger partial charge in [-0.2, -0.15) is 0 Å². The third-order valence-electron chi connectivity index (χ3n) is 19.6. The van der Waals surface area contributed by atoms with Crippen LogP contribution >= 0.6 is 0 Å². The molecule has 0 saturated carbocycles. The molecule has 8 aliphatic heterocycles. The minimum Gasteiger partial charge on any atom is -0.477 e. The molecular weight excluding hydrogens is 1510 g/mol. The highest BCUT2D eigenvalue weighted by atomic mass is 16.8. The van der Waals surface area contributed by atoms with Crippen molar-refractivity contribution >= 4 is 35.5 Å². The van der Waals surface area contributed by atoms with Gasteiger partial charge in [0.2, 0.25) is 29.5 Å². The molecular formula is C61H101N5O44. The third kappa shape index (κ3) is 20.4. The van der Waals surface area contributed by atoms with Crippen molar-refractivity contribution in [2.45, 2.75) is 292 Å². The van der Waals surface area contributed by atoms with Crippen molar-refractivity contribution in [2.24, 2.45) is 0 Å². The van der Waals surface area contributed by atoms with E-state index in [9.17, 15) is 146 Å². The van der Waals surface area contributed by atoms with Gasteiger partial charge in [-0.3, -0.25) is 24.0 Å². The van der Waals surface area contributed by atoms with Crippen molar-refractivity contribution in [3.8, 4) is 0 Å². The lowest BCUT2D eigenvalue weighted by Crippen LogP contribution is -2.71. The van der Waals surface area contributed by atoms with Crippen LogP contribution in [0.2, 0.25) is 0 Å². The summed E-state index contributed by atoms with van der Waals surface area (Å²) >= 11 is 0. The van der Waals surface area contributed by atoms with E-state index in [1.54, 1.807) is 0 Å². The molecule has 5 amide bonds. The molecule has 8 fully saturated rings. The average Bonchev–Trinajstić information content (AvgIpc) is 0.777. The molecule has 49 nitrogen and oxygen atoms in total. The first-order chi connectivity index (χ1) is 51.8. The zero-order chi connectivity index (χ0) is 81.6. The fourth-order valence-corrected chi connectivity index (χ4v) is 14.0. The van der Waals surface area contributed by atoms with Gasteiger partial charge in [0.05, 0.1) is 65.0 Å². The second-order valence-electron chi connectivity index (χ2n) is 27.6. The topological polar surface area (TPSA) is 766 Å². The molecule has 0 bridgehead atoms. The Balaban J connectivity index is 1.08. The van der Waals surface area contributed by atoms with Crippen LogP contribution in [0.15, 0.2) is 0 Å². The number of carbonyl (C=O) groups excluding carboxylic acids is 5. The van der Waals surface area contributed by atoms with E-state index in [2.05, 4.69) is 26.6 Å². The Morgan fingerprint density at radius 3 is 1.22 bits per heavy atom. The van der Waals surface area contributed by atoms with Crippen LogP contribution in [0.3, 0.4) is 0 Å². The summed E-state index contributed by atoms with van der Waals surface area (Å²) < 4.78 is 88.3. The van der Waals surface area contributed by atoms with Gasteiger partial charge in [-0.25, -0.2) is 4.79 Å². The highest BCUT2D eigenvalue weighted by molar-refractivity contribution is 5.77. The van der Waals surface area contributed by atoms with Crippen LogP contribution in [-0.2, 0) is 99.8 Å². The molecule has 49 heteroatoms. The molecule has 0 spiro atoms. The van der Waals surface area contributed by atoms with Crippen molar-refractivity contribution in [3.63, 3.8) is 0 Å². The second kappa shape index (κ2) is 39.3. The number of hydrogen-bond acceptors (Lipinski definition) is 43. The molecule has 8 rings (SSSR count). The molecule has 0 aliphatic carbocycles. The normalized spacial score (nSPS) is 45.8. The first-order valence-corrected chi connectivity index (χ1v) is 34.7. The fourth-order valence-electron chi connectivity index (χ4n) is 14.0. The Bertz CT molecular complexity index is 3000. The molecule has 0 aromatic heterocycles. The predicted octanol–water partition coefficient (Wildman–Crippen LogP) is -18.5. The summed E-state index contributed by atoms with van der Waals surface area (Å²) in [6.45, 7) is -4.11. The zero-order valence-corrected chi connectivity index (χ0v) is 59.3. The van der Waals surface area contributed by atoms with Gasteiger partial charge in [0.1, 0.15) is 189 Å². The number of carboxylic acid groups (broad SMARTS) is 1. The van der Waals surface area contributed by atoms with Gasteiger partial charge in [-0.15, -0.1) is 0 Å². The maximum Gasteiger partial charge on any atom is 0.364 e. The highest BCUT2D eigenvalue weighted by Gasteiger charge is 2.62. The molecule has 0 aromatic carbocycles. The third-order valence-corrected chi connectivity index (χ3v) is 19.6. The van der Waals surface area contributed by atoms with E-state index < -0.39 is 346 Å². The molecule has 110 heavy (non-hydrogen) atoms. The SMILES string of the molecule is CC(=O)N[C@H]1[C@H](O[C@H]2[C@H](O)[C@@H](NC(C)=O)C(O)O[C@@H]2CO)O[C@H](CO)[C@@H](O[C@@H]2O[C@H](CO[C@H]3O[C@H](CO)[C@@H](O)[C@H](O)[C@@H]3O)[C@@H](O)[C@H](O[C@H]3O[C@H](CO)[C@@H](O)[C@H](O)[C@@H]3O[C@@H]3O[C@H](CO)[C@@H](O[C@@H]4O[C@H](CO[C@]5(C(=O)O)C[C@H](O)[C@@H](NC(C)=O)[C@H]([C@H](O)[C@H](O)CO)O5)[C@H](O)[C@H](O)[C@H]4NC(C)=O)[C@H](O)[C@H]3NC(C)=O)[C@@H]2O)[C@@H]1O. The lowest BCUT2D eigenvalue weighted by molar-refractivity contribution is -0.396. The van der Waals surface area contributed by atoms with E-state index in [-0.39, 0.29) is 0 Å². The number of carboxylic acids is 1. The van der Waals surface area contributed by atoms with Crippen LogP contribution in [0.4, 0.5) is 0 Å². The van der Waals surface area contributed by atoms with E-state index in [1.807, 2.05) is 0 Å². The van der Waals surface area contributed by atoms with Crippen molar-refractivity contribution in [2.75, 3.05) is 52.9 Å². The number of carbonyl (C=O) groups is 6. The molecule has 0 aromatic rings. The second-order valence-corrected chi connectivity index (χ2v) is 27.6. The van der Waals surface area contributed by atoms with Crippen molar-refractivity contribution in [1.29, 1.82) is 0 Å². The highest BCUT2D eigenvalue weighted by Crippen LogP contribution is 2.40. The van der Waals surface area contributed by atoms with E-state index in [0.717, 1.165) is 34.6 Å². The number of hydrogen-bond donors (Lipinski definition) is 28. The average molecular weight is 1610 g/mol. The molecule has 8 saturated heterocycles. The maximum atomic E-state index is 13.1. The van der Waals surface area contributed by atoms with Gasteiger partial charge in [0.15, 0.2) is 44.0 Å². The van der Waals surface area contributed by atoms with Crippen LogP contribution < -0.4 is 26.6 Å². The summed E-state index contributed by atoms with van der Waals surface area (Å²) in [7, 11) is 0. The van der Waals surface area contributed by atoms with Crippen molar-refractivity contribution < 1.29 is 217 Å². The van der Waals surface area contributed by atoms with E-state index >= 15 is 0 Å². The summed E-state index contributed by atoms with van der Waals surface area (Å²) in [5.74, 6) is -9.57. The molecule has 41 atom stereocenters. The molecule has 8 heterocycles. The van der Waals surface area contributed by atoms with Crippen molar-refractivity contribution in [1.82, 2.24) is 26.6 Å². The predicted molar refractivity (Wildman–Crippen MR) is 340 cm³/mol. The van der Waals surface area contributed by atoms with Crippen LogP contribution in [0.1, 0.15) is 41.0 Å². The van der Waals surface area contributed by atoms with Gasteiger partial charge < -0.3 is 215 Å². The Kier molecular flexibility index (Phi) is 32.5. The first kappa shape index (κ1) is 90.9. The molecule has 634 valence electrons. The van der Waals surface area contributed by atoms with Gasteiger partial charge in [0, 0.05) is 41.0 Å². The standard InChI is InChI=1S/C61H101N5O44/c1-15(73)62-29-20(78)6-61(60(94)95,110-50(29)34(80)21(79)7-67)97-14-28-37(83)39(85)31(64-17(3)75)54(103-28)106-48-25(11-71)102-56(33(41(48)87)66-19(5)77)109-52-44(90)36(82)23(9-69)100-59(52)108-51-38(84)27(13-96-57-45(91)43(89)35(81)22(8-68)99-57)104-58(46(51)92)107-49-26(12-72)101-55(32(42(49)88)65-18(4)76)105-47-24(10-70)98-53(93)30(40(47)86)63-16(2)74/h20-59,67-72,78-93H,6-14H2,1-5H3,(H,62,73)(H,63,74)(H,64,75)(H,65,76)(H,66,77)(H,94,95)/t20-,21+,22+,23+,24+,25+,26+,27+,28+,29+,30+,31+,32+,33+,34+,35+,36+,37-,38+,39+,40+,41+,42+,43-,44-,45-,46-,47+,48+,49+,50+,51-,52-,53?,54-,55-,56-,57-,58-,59+,61+/m0/s1. The number of nitrogens with one attached hydrogen (secondary N) is 5. The monoisotopic (exact) mass is 1610 g/mol. The van der Waals surface area contributed by atoms with Gasteiger partial charge in [-0.1, -0.05) is 0 Å².